The average Bonchev–Trinajstić information content (AvgIpc) is 3.29. The van der Waals surface area contributed by atoms with E-state index in [4.69, 9.17) is 0 Å². The molecule has 0 spiro atoms. The van der Waals surface area contributed by atoms with Crippen molar-refractivity contribution in [3.8, 4) is 11.5 Å². The van der Waals surface area contributed by atoms with Crippen LogP contribution in [0, 0.1) is 0 Å². The Hall–Kier alpha value is -3.48. The van der Waals surface area contributed by atoms with E-state index >= 15 is 0 Å². The maximum Gasteiger partial charge on any atom is 0.249 e. The van der Waals surface area contributed by atoms with Crippen LogP contribution in [-0.4, -0.2) is 30.6 Å². The summed E-state index contributed by atoms with van der Waals surface area (Å²) in [5.74, 6) is 0.563. The zero-order chi connectivity index (χ0) is 17.9. The molecule has 7 nitrogen and oxygen atoms in total. The van der Waals surface area contributed by atoms with Gasteiger partial charge in [-0.3, -0.25) is 20.2 Å². The van der Waals surface area contributed by atoms with E-state index in [0.29, 0.717) is 11.5 Å². The summed E-state index contributed by atoms with van der Waals surface area (Å²) in [5.41, 5.74) is 2.98. The fourth-order valence-electron chi connectivity index (χ4n) is 2.86. The Labute approximate surface area is 150 Å². The lowest BCUT2D eigenvalue weighted by molar-refractivity contribution is -0.116. The minimum absolute atomic E-state index is 0.186. The van der Waals surface area contributed by atoms with Crippen LogP contribution < -0.4 is 5.32 Å². The minimum atomic E-state index is -0.186. The SMILES string of the molecule is CCc1ccc2c(ccn2CC(=O)Nc2n[nH]c(-c3ccccn3)n2)c1. The first-order valence-electron chi connectivity index (χ1n) is 8.44. The number of anilines is 1. The second-order valence-corrected chi connectivity index (χ2v) is 5.96. The van der Waals surface area contributed by atoms with Gasteiger partial charge in [0, 0.05) is 17.9 Å². The van der Waals surface area contributed by atoms with Crippen molar-refractivity contribution < 1.29 is 4.79 Å². The summed E-state index contributed by atoms with van der Waals surface area (Å²) in [6.45, 7) is 2.32. The summed E-state index contributed by atoms with van der Waals surface area (Å²) >= 11 is 0. The fourth-order valence-corrected chi connectivity index (χ4v) is 2.86. The van der Waals surface area contributed by atoms with Crippen LogP contribution in [0.4, 0.5) is 5.95 Å². The number of pyridine rings is 1. The van der Waals surface area contributed by atoms with Crippen LogP contribution in [0.3, 0.4) is 0 Å². The number of carbonyl (C=O) groups excluding carboxylic acids is 1. The van der Waals surface area contributed by atoms with Crippen molar-refractivity contribution in [1.29, 1.82) is 0 Å². The van der Waals surface area contributed by atoms with Crippen LogP contribution in [-0.2, 0) is 17.8 Å². The Morgan fingerprint density at radius 2 is 2.15 bits per heavy atom. The summed E-state index contributed by atoms with van der Waals surface area (Å²) in [6.07, 6.45) is 4.59. The Bertz CT molecular complexity index is 1050. The lowest BCUT2D eigenvalue weighted by Crippen LogP contribution is -2.19. The standard InChI is InChI=1S/C19H18N6O/c1-2-13-6-7-16-14(11-13)8-10-25(16)12-17(26)21-19-22-18(23-24-19)15-5-3-4-9-20-15/h3-11H,2,12H2,1H3,(H2,21,22,23,24,26). The Kier molecular flexibility index (Phi) is 4.18. The summed E-state index contributed by atoms with van der Waals surface area (Å²) in [4.78, 5) is 20.8. The Morgan fingerprint density at radius 3 is 2.96 bits per heavy atom. The molecule has 0 aliphatic carbocycles. The number of aromatic amines is 1. The van der Waals surface area contributed by atoms with Crippen LogP contribution in [0.5, 0.6) is 0 Å². The van der Waals surface area contributed by atoms with Crippen molar-refractivity contribution >= 4 is 22.8 Å². The van der Waals surface area contributed by atoms with Crippen molar-refractivity contribution in [1.82, 2.24) is 24.7 Å². The van der Waals surface area contributed by atoms with Gasteiger partial charge in [0.05, 0.1) is 0 Å². The zero-order valence-corrected chi connectivity index (χ0v) is 14.3. The third-order valence-corrected chi connectivity index (χ3v) is 4.20. The van der Waals surface area contributed by atoms with Crippen LogP contribution in [0.25, 0.3) is 22.4 Å². The molecule has 3 heterocycles. The van der Waals surface area contributed by atoms with Crippen molar-refractivity contribution in [3.05, 3.63) is 60.4 Å². The van der Waals surface area contributed by atoms with E-state index in [1.807, 2.05) is 41.1 Å². The molecule has 0 aliphatic rings. The molecule has 0 fully saturated rings. The lowest BCUT2D eigenvalue weighted by Gasteiger charge is -2.05. The number of fused-ring (bicyclic) bond motifs is 1. The zero-order valence-electron chi connectivity index (χ0n) is 14.3. The van der Waals surface area contributed by atoms with E-state index in [1.165, 1.54) is 5.56 Å². The van der Waals surface area contributed by atoms with Gasteiger partial charge in [-0.1, -0.05) is 19.1 Å². The van der Waals surface area contributed by atoms with Crippen molar-refractivity contribution in [3.63, 3.8) is 0 Å². The quantitative estimate of drug-likeness (QED) is 0.581. The van der Waals surface area contributed by atoms with Crippen LogP contribution in [0.2, 0.25) is 0 Å². The molecule has 2 N–H and O–H groups in total. The highest BCUT2D eigenvalue weighted by molar-refractivity contribution is 5.90. The highest BCUT2D eigenvalue weighted by atomic mass is 16.2. The van der Waals surface area contributed by atoms with Crippen molar-refractivity contribution in [2.75, 3.05) is 5.32 Å². The largest absolute Gasteiger partial charge is 0.338 e. The van der Waals surface area contributed by atoms with Gasteiger partial charge >= 0.3 is 0 Å². The number of hydrogen-bond acceptors (Lipinski definition) is 4. The number of nitrogens with zero attached hydrogens (tertiary/aromatic N) is 4. The molecular weight excluding hydrogens is 328 g/mol. The third kappa shape index (κ3) is 3.19. The molecule has 0 saturated carbocycles. The van der Waals surface area contributed by atoms with Gasteiger partial charge in [-0.05, 0) is 47.7 Å². The van der Waals surface area contributed by atoms with Gasteiger partial charge in [-0.2, -0.15) is 4.98 Å². The number of aromatic nitrogens is 5. The normalized spacial score (nSPS) is 11.0. The smallest absolute Gasteiger partial charge is 0.249 e. The summed E-state index contributed by atoms with van der Waals surface area (Å²) in [5, 5.41) is 10.7. The van der Waals surface area contributed by atoms with E-state index in [2.05, 4.69) is 44.5 Å². The van der Waals surface area contributed by atoms with E-state index in [1.54, 1.807) is 6.20 Å². The minimum Gasteiger partial charge on any atom is -0.338 e. The van der Waals surface area contributed by atoms with E-state index in [9.17, 15) is 4.79 Å². The maximum atomic E-state index is 12.4. The van der Waals surface area contributed by atoms with Crippen molar-refractivity contribution in [2.45, 2.75) is 19.9 Å². The maximum absolute atomic E-state index is 12.4. The van der Waals surface area contributed by atoms with Crippen LogP contribution >= 0.6 is 0 Å². The first kappa shape index (κ1) is 16.0. The van der Waals surface area contributed by atoms with Gasteiger partial charge < -0.3 is 4.57 Å². The third-order valence-electron chi connectivity index (χ3n) is 4.20. The first-order chi connectivity index (χ1) is 12.7. The monoisotopic (exact) mass is 346 g/mol. The topological polar surface area (TPSA) is 88.5 Å². The molecule has 0 saturated heterocycles. The van der Waals surface area contributed by atoms with Crippen molar-refractivity contribution in [2.24, 2.45) is 0 Å². The number of aryl methyl sites for hydroxylation is 1. The second kappa shape index (κ2) is 6.79. The molecule has 0 aliphatic heterocycles. The Balaban J connectivity index is 1.47. The fraction of sp³-hybridized carbons (Fsp3) is 0.158. The highest BCUT2D eigenvalue weighted by Crippen LogP contribution is 2.18. The number of H-pyrrole nitrogens is 1. The molecule has 0 atom stereocenters. The molecule has 7 heteroatoms. The van der Waals surface area contributed by atoms with Gasteiger partial charge in [0.1, 0.15) is 12.2 Å². The highest BCUT2D eigenvalue weighted by Gasteiger charge is 2.11. The number of carbonyl (C=O) groups is 1. The van der Waals surface area contributed by atoms with Crippen LogP contribution in [0.15, 0.2) is 54.9 Å². The van der Waals surface area contributed by atoms with Gasteiger partial charge in [-0.25, -0.2) is 0 Å². The van der Waals surface area contributed by atoms with Gasteiger partial charge in [-0.15, -0.1) is 5.10 Å². The molecule has 0 unspecified atom stereocenters. The molecular formula is C19H18N6O. The predicted octanol–water partition coefficient (Wildman–Crippen LogP) is 3.02. The number of amides is 1. The number of hydrogen-bond donors (Lipinski definition) is 2. The van der Waals surface area contributed by atoms with Gasteiger partial charge in [0.25, 0.3) is 0 Å². The predicted molar refractivity (Wildman–Crippen MR) is 99.6 cm³/mol. The molecule has 1 aromatic carbocycles. The van der Waals surface area contributed by atoms with Crippen LogP contribution in [0.1, 0.15) is 12.5 Å². The molecule has 4 aromatic rings. The lowest BCUT2D eigenvalue weighted by atomic mass is 10.1. The molecule has 1 amide bonds. The first-order valence-corrected chi connectivity index (χ1v) is 8.44. The number of benzene rings is 1. The molecule has 0 bridgehead atoms. The molecule has 3 aromatic heterocycles. The molecule has 26 heavy (non-hydrogen) atoms. The molecule has 130 valence electrons. The Morgan fingerprint density at radius 1 is 1.23 bits per heavy atom. The second-order valence-electron chi connectivity index (χ2n) is 5.96. The number of nitrogens with one attached hydrogen (secondary N) is 2. The van der Waals surface area contributed by atoms with E-state index in [0.717, 1.165) is 17.3 Å². The van der Waals surface area contributed by atoms with Gasteiger partial charge in [0.15, 0.2) is 5.82 Å². The van der Waals surface area contributed by atoms with E-state index in [-0.39, 0.29) is 18.4 Å². The molecule has 4 rings (SSSR count). The summed E-state index contributed by atoms with van der Waals surface area (Å²) in [6, 6.07) is 13.8. The van der Waals surface area contributed by atoms with E-state index < -0.39 is 0 Å². The summed E-state index contributed by atoms with van der Waals surface area (Å²) < 4.78 is 1.91. The average molecular weight is 346 g/mol. The number of rotatable bonds is 5. The molecule has 0 radical (unpaired) electrons. The summed E-state index contributed by atoms with van der Waals surface area (Å²) in [7, 11) is 0. The van der Waals surface area contributed by atoms with Gasteiger partial charge in [0.2, 0.25) is 11.9 Å².